The summed E-state index contributed by atoms with van der Waals surface area (Å²) in [7, 11) is -2.07. The predicted molar refractivity (Wildman–Crippen MR) is 120 cm³/mol. The predicted octanol–water partition coefficient (Wildman–Crippen LogP) is 4.35. The van der Waals surface area contributed by atoms with Crippen LogP contribution < -0.4 is 9.47 Å². The van der Waals surface area contributed by atoms with E-state index in [1.54, 1.807) is 0 Å². The van der Waals surface area contributed by atoms with Crippen molar-refractivity contribution in [1.29, 1.82) is 0 Å². The van der Waals surface area contributed by atoms with Gasteiger partial charge in [0.2, 0.25) is 6.79 Å². The minimum absolute atomic E-state index is 0.0272. The first-order valence-electron chi connectivity index (χ1n) is 11.3. The second-order valence-electron chi connectivity index (χ2n) is 10.8. The lowest BCUT2D eigenvalue weighted by Crippen LogP contribution is -2.55. The van der Waals surface area contributed by atoms with E-state index in [0.29, 0.717) is 0 Å². The van der Waals surface area contributed by atoms with Gasteiger partial charge < -0.3 is 18.6 Å². The van der Waals surface area contributed by atoms with Crippen LogP contribution in [0.3, 0.4) is 0 Å². The normalized spacial score (nSPS) is 29.3. The van der Waals surface area contributed by atoms with Crippen molar-refractivity contribution in [3.63, 3.8) is 0 Å². The molecule has 1 aromatic carbocycles. The van der Waals surface area contributed by atoms with Gasteiger partial charge in [-0.3, -0.25) is 9.69 Å². The Morgan fingerprint density at radius 1 is 1.19 bits per heavy atom. The SMILES string of the molecule is CC(=O)O[C@@H]1[C@@H](O[Si](C)(C)C(C)(C)C)C=C2CCN3Cc4cc5c(cc4[C@H]1C23)OCO5. The molecule has 168 valence electrons. The van der Waals surface area contributed by atoms with Gasteiger partial charge in [-0.2, -0.15) is 0 Å². The zero-order valence-corrected chi connectivity index (χ0v) is 20.4. The molecule has 5 rings (SSSR count). The van der Waals surface area contributed by atoms with E-state index in [-0.39, 0.29) is 42.0 Å². The molecule has 1 fully saturated rings. The summed E-state index contributed by atoms with van der Waals surface area (Å²) in [6, 6.07) is 4.47. The third kappa shape index (κ3) is 3.41. The third-order valence-electron chi connectivity index (χ3n) is 7.76. The van der Waals surface area contributed by atoms with Gasteiger partial charge in [-0.15, -0.1) is 0 Å². The summed E-state index contributed by atoms with van der Waals surface area (Å²) in [5, 5.41) is 0.0707. The lowest BCUT2D eigenvalue weighted by atomic mass is 9.73. The molecule has 3 aliphatic heterocycles. The summed E-state index contributed by atoms with van der Waals surface area (Å²) >= 11 is 0. The van der Waals surface area contributed by atoms with Gasteiger partial charge in [0.25, 0.3) is 0 Å². The molecule has 0 amide bonds. The fourth-order valence-electron chi connectivity index (χ4n) is 5.26. The summed E-state index contributed by atoms with van der Waals surface area (Å²) in [6.45, 7) is 14.9. The zero-order valence-electron chi connectivity index (χ0n) is 19.4. The van der Waals surface area contributed by atoms with E-state index in [1.807, 2.05) is 0 Å². The Labute approximate surface area is 185 Å². The van der Waals surface area contributed by atoms with E-state index in [1.165, 1.54) is 23.6 Å². The number of carbonyl (C=O) groups is 1. The fraction of sp³-hybridized carbons (Fsp3) is 0.625. The number of carbonyl (C=O) groups excluding carboxylic acids is 1. The topological polar surface area (TPSA) is 57.2 Å². The van der Waals surface area contributed by atoms with E-state index >= 15 is 0 Å². The largest absolute Gasteiger partial charge is 0.459 e. The van der Waals surface area contributed by atoms with Crippen LogP contribution in [-0.2, 0) is 20.5 Å². The van der Waals surface area contributed by atoms with E-state index < -0.39 is 8.32 Å². The van der Waals surface area contributed by atoms with Gasteiger partial charge >= 0.3 is 5.97 Å². The molecule has 6 nitrogen and oxygen atoms in total. The van der Waals surface area contributed by atoms with Crippen LogP contribution in [0.2, 0.25) is 18.1 Å². The van der Waals surface area contributed by atoms with Crippen LogP contribution in [0.25, 0.3) is 0 Å². The standard InChI is InChI=1S/C24H33NO5Si/c1-14(26)29-23-20(30-31(5,6)24(2,3)4)9-15-7-8-25-12-16-10-18-19(28-13-27-18)11-17(16)21(23)22(15)25/h9-11,20-23H,7-8,12-13H2,1-6H3/t20-,21-,22?,23+/m0/s1. The van der Waals surface area contributed by atoms with E-state index in [2.05, 4.69) is 57.0 Å². The molecular weight excluding hydrogens is 410 g/mol. The van der Waals surface area contributed by atoms with E-state index in [4.69, 9.17) is 18.6 Å². The molecule has 0 saturated carbocycles. The summed E-state index contributed by atoms with van der Waals surface area (Å²) in [5.41, 5.74) is 3.85. The lowest BCUT2D eigenvalue weighted by molar-refractivity contribution is -0.153. The molecule has 1 aliphatic carbocycles. The number of benzene rings is 1. The van der Waals surface area contributed by atoms with E-state index in [0.717, 1.165) is 31.0 Å². The molecule has 3 heterocycles. The summed E-state index contributed by atoms with van der Waals surface area (Å²) in [6.07, 6.45) is 2.71. The number of nitrogens with zero attached hydrogens (tertiary/aromatic N) is 1. The molecule has 0 radical (unpaired) electrons. The Balaban J connectivity index is 1.61. The second-order valence-corrected chi connectivity index (χ2v) is 15.5. The van der Waals surface area contributed by atoms with Crippen molar-refractivity contribution in [2.75, 3.05) is 13.3 Å². The second kappa shape index (κ2) is 7.09. The smallest absolute Gasteiger partial charge is 0.303 e. The molecule has 0 bridgehead atoms. The molecule has 1 aromatic rings. The van der Waals surface area contributed by atoms with Gasteiger partial charge in [0.1, 0.15) is 12.2 Å². The van der Waals surface area contributed by atoms with Crippen molar-refractivity contribution in [1.82, 2.24) is 4.90 Å². The van der Waals surface area contributed by atoms with Crippen LogP contribution in [0.5, 0.6) is 11.5 Å². The Bertz CT molecular complexity index is 950. The van der Waals surface area contributed by atoms with Gasteiger partial charge in [0.05, 0.1) is 0 Å². The van der Waals surface area contributed by atoms with Crippen LogP contribution in [-0.4, -0.2) is 50.8 Å². The van der Waals surface area contributed by atoms with Crippen LogP contribution >= 0.6 is 0 Å². The summed E-state index contributed by atoms with van der Waals surface area (Å²) in [5.74, 6) is 1.35. The first kappa shape index (κ1) is 21.0. The van der Waals surface area contributed by atoms with Gasteiger partial charge in [0.15, 0.2) is 19.8 Å². The number of fused-ring (bicyclic) bond motifs is 3. The maximum atomic E-state index is 12.2. The van der Waals surface area contributed by atoms with Gasteiger partial charge in [-0.1, -0.05) is 32.4 Å². The third-order valence-corrected chi connectivity index (χ3v) is 12.2. The molecule has 4 atom stereocenters. The van der Waals surface area contributed by atoms with Crippen LogP contribution in [0.4, 0.5) is 0 Å². The number of hydrogen-bond acceptors (Lipinski definition) is 6. The highest BCUT2D eigenvalue weighted by molar-refractivity contribution is 6.74. The molecule has 7 heteroatoms. The van der Waals surface area contributed by atoms with E-state index in [9.17, 15) is 4.79 Å². The van der Waals surface area contributed by atoms with Gasteiger partial charge in [-0.05, 0) is 47.8 Å². The summed E-state index contributed by atoms with van der Waals surface area (Å²) in [4.78, 5) is 14.7. The van der Waals surface area contributed by atoms with Crippen LogP contribution in [0.1, 0.15) is 51.2 Å². The highest BCUT2D eigenvalue weighted by Gasteiger charge is 2.53. The quantitative estimate of drug-likeness (QED) is 0.393. The average molecular weight is 444 g/mol. The Hall–Kier alpha value is -1.83. The van der Waals surface area contributed by atoms with Crippen LogP contribution in [0, 0.1) is 0 Å². The van der Waals surface area contributed by atoms with Crippen molar-refractivity contribution in [3.05, 3.63) is 34.9 Å². The molecular formula is C24H33NO5Si. The fourth-order valence-corrected chi connectivity index (χ4v) is 6.50. The van der Waals surface area contributed by atoms with Gasteiger partial charge in [-0.25, -0.2) is 0 Å². The maximum absolute atomic E-state index is 12.2. The van der Waals surface area contributed by atoms with Crippen molar-refractivity contribution in [3.8, 4) is 11.5 Å². The molecule has 1 saturated heterocycles. The number of rotatable bonds is 3. The monoisotopic (exact) mass is 443 g/mol. The Morgan fingerprint density at radius 3 is 2.58 bits per heavy atom. The van der Waals surface area contributed by atoms with Crippen molar-refractivity contribution >= 4 is 14.3 Å². The first-order valence-corrected chi connectivity index (χ1v) is 14.2. The molecule has 0 spiro atoms. The highest BCUT2D eigenvalue weighted by Crippen LogP contribution is 2.51. The lowest BCUT2D eigenvalue weighted by Gasteiger charge is -2.49. The molecule has 0 N–H and O–H groups in total. The zero-order chi connectivity index (χ0) is 22.1. The van der Waals surface area contributed by atoms with Crippen molar-refractivity contribution in [2.45, 2.75) is 83.0 Å². The molecule has 31 heavy (non-hydrogen) atoms. The van der Waals surface area contributed by atoms with Crippen molar-refractivity contribution in [2.24, 2.45) is 0 Å². The van der Waals surface area contributed by atoms with Gasteiger partial charge in [0, 0.05) is 32.0 Å². The minimum atomic E-state index is -2.07. The number of ether oxygens (including phenoxy) is 3. The molecule has 0 aromatic heterocycles. The minimum Gasteiger partial charge on any atom is -0.459 e. The molecule has 4 aliphatic rings. The molecule has 1 unspecified atom stereocenters. The first-order chi connectivity index (χ1) is 14.5. The maximum Gasteiger partial charge on any atom is 0.303 e. The Morgan fingerprint density at radius 2 is 1.90 bits per heavy atom. The number of esters is 1. The highest BCUT2D eigenvalue weighted by atomic mass is 28.4. The van der Waals surface area contributed by atoms with Crippen molar-refractivity contribution < 1.29 is 23.4 Å². The average Bonchev–Trinajstić information content (AvgIpc) is 3.27. The van der Waals surface area contributed by atoms with Crippen LogP contribution in [0.15, 0.2) is 23.8 Å². The number of hydrogen-bond donors (Lipinski definition) is 0. The Kier molecular flexibility index (Phi) is 4.81. The summed E-state index contributed by atoms with van der Waals surface area (Å²) < 4.78 is 24.3.